The van der Waals surface area contributed by atoms with E-state index >= 15 is 0 Å². The van der Waals surface area contributed by atoms with Crippen molar-refractivity contribution in [1.82, 2.24) is 34.2 Å². The number of aromatic nitrogens is 5. The molecule has 2 aromatic heterocycles. The molecule has 0 aliphatic carbocycles. The Morgan fingerprint density at radius 2 is 1.73 bits per heavy atom. The molecule has 12 nitrogen and oxygen atoms in total. The molecule has 13 heteroatoms. The van der Waals surface area contributed by atoms with Crippen molar-refractivity contribution >= 4 is 32.9 Å². The maximum atomic E-state index is 13.0. The van der Waals surface area contributed by atoms with Crippen molar-refractivity contribution in [2.75, 3.05) is 52.3 Å². The lowest BCUT2D eigenvalue weighted by Crippen LogP contribution is -2.49. The van der Waals surface area contributed by atoms with Crippen LogP contribution in [0.15, 0.2) is 59.8 Å². The van der Waals surface area contributed by atoms with Crippen molar-refractivity contribution in [2.45, 2.75) is 4.90 Å². The van der Waals surface area contributed by atoms with Gasteiger partial charge >= 0.3 is 0 Å². The summed E-state index contributed by atoms with van der Waals surface area (Å²) >= 11 is 0. The minimum Gasteiger partial charge on any atom is -0.497 e. The van der Waals surface area contributed by atoms with Crippen molar-refractivity contribution in [2.24, 2.45) is 0 Å². The van der Waals surface area contributed by atoms with Gasteiger partial charge in [-0.3, -0.25) is 4.79 Å². The summed E-state index contributed by atoms with van der Waals surface area (Å²) in [7, 11) is 0.998. The fraction of sp³-hybridized carbons (Fsp3) is 0.292. The first-order chi connectivity index (χ1) is 17.8. The molecule has 1 aliphatic rings. The smallest absolute Gasteiger partial charge is 0.253 e. The third kappa shape index (κ3) is 4.58. The third-order valence-corrected chi connectivity index (χ3v) is 8.09. The van der Waals surface area contributed by atoms with Crippen LogP contribution in [0.25, 0.3) is 16.9 Å². The topological polar surface area (TPSA) is 127 Å². The fourth-order valence-corrected chi connectivity index (χ4v) is 5.07. The van der Waals surface area contributed by atoms with Crippen molar-refractivity contribution in [3.05, 3.63) is 60.4 Å². The molecule has 3 heterocycles. The van der Waals surface area contributed by atoms with Gasteiger partial charge in [0.15, 0.2) is 17.0 Å². The molecule has 0 spiro atoms. The van der Waals surface area contributed by atoms with Crippen molar-refractivity contribution in [3.63, 3.8) is 0 Å². The highest BCUT2D eigenvalue weighted by Crippen LogP contribution is 2.25. The van der Waals surface area contributed by atoms with Gasteiger partial charge in [-0.1, -0.05) is 11.3 Å². The van der Waals surface area contributed by atoms with Gasteiger partial charge in [-0.25, -0.2) is 22.7 Å². The predicted molar refractivity (Wildman–Crippen MR) is 136 cm³/mol. The number of carbonyl (C=O) groups excluding carboxylic acids is 1. The summed E-state index contributed by atoms with van der Waals surface area (Å²) in [6, 6.07) is 13.5. The minimum atomic E-state index is -3.55. The summed E-state index contributed by atoms with van der Waals surface area (Å²) in [5.41, 5.74) is 2.36. The molecule has 1 fully saturated rings. The minimum absolute atomic E-state index is 0.147. The van der Waals surface area contributed by atoms with Crippen LogP contribution in [0.3, 0.4) is 0 Å². The van der Waals surface area contributed by atoms with Gasteiger partial charge in [0.25, 0.3) is 5.91 Å². The third-order valence-electron chi connectivity index (χ3n) is 6.26. The molecule has 0 saturated carbocycles. The maximum Gasteiger partial charge on any atom is 0.253 e. The second kappa shape index (κ2) is 9.75. The molecule has 1 saturated heterocycles. The number of nitrogens with zero attached hydrogens (tertiary/aromatic N) is 8. The second-order valence-corrected chi connectivity index (χ2v) is 10.8. The highest BCUT2D eigenvalue weighted by Gasteiger charge is 2.26. The van der Waals surface area contributed by atoms with Crippen LogP contribution in [-0.4, -0.2) is 95.9 Å². The van der Waals surface area contributed by atoms with Gasteiger partial charge in [0.2, 0.25) is 10.0 Å². The summed E-state index contributed by atoms with van der Waals surface area (Å²) in [4.78, 5) is 25.9. The molecule has 5 rings (SSSR count). The van der Waals surface area contributed by atoms with Gasteiger partial charge in [0, 0.05) is 51.9 Å². The van der Waals surface area contributed by atoms with E-state index in [9.17, 15) is 13.2 Å². The average molecular weight is 523 g/mol. The fourth-order valence-electron chi connectivity index (χ4n) is 4.17. The lowest BCUT2D eigenvalue weighted by atomic mass is 10.2. The van der Waals surface area contributed by atoms with Gasteiger partial charge in [-0.05, 0) is 36.4 Å². The number of ether oxygens (including phenoxy) is 1. The highest BCUT2D eigenvalue weighted by molar-refractivity contribution is 7.89. The summed E-state index contributed by atoms with van der Waals surface area (Å²) in [5, 5.41) is 8.63. The van der Waals surface area contributed by atoms with Crippen LogP contribution in [0.1, 0.15) is 10.4 Å². The van der Waals surface area contributed by atoms with E-state index < -0.39 is 10.0 Å². The number of hydrogen-bond acceptors (Lipinski definition) is 9. The Morgan fingerprint density at radius 1 is 1.00 bits per heavy atom. The first kappa shape index (κ1) is 24.6. The molecule has 37 heavy (non-hydrogen) atoms. The van der Waals surface area contributed by atoms with Crippen LogP contribution in [0, 0.1) is 0 Å². The van der Waals surface area contributed by atoms with Crippen LogP contribution in [0.4, 0.5) is 5.82 Å². The van der Waals surface area contributed by atoms with Crippen LogP contribution in [0.2, 0.25) is 0 Å². The standard InChI is InChI=1S/C24H26N8O4S/c1-29(2)37(34,35)20-9-7-17(8-10-20)24(33)31-13-11-30(12-14-31)22-21-23(26-16-25-22)32(28-27-21)18-5-4-6-19(15-18)36-3/h4-10,15-16H,11-14H2,1-3H3. The zero-order chi connectivity index (χ0) is 26.2. The Balaban J connectivity index is 1.31. The van der Waals surface area contributed by atoms with E-state index in [1.807, 2.05) is 24.3 Å². The number of amides is 1. The number of methoxy groups -OCH3 is 1. The monoisotopic (exact) mass is 522 g/mol. The number of rotatable bonds is 6. The van der Waals surface area contributed by atoms with E-state index in [1.54, 1.807) is 28.8 Å². The molecule has 1 amide bonds. The molecule has 192 valence electrons. The van der Waals surface area contributed by atoms with Crippen LogP contribution >= 0.6 is 0 Å². The lowest BCUT2D eigenvalue weighted by Gasteiger charge is -2.35. The number of piperazine rings is 1. The van der Waals surface area contributed by atoms with Crippen LogP contribution in [-0.2, 0) is 10.0 Å². The van der Waals surface area contributed by atoms with Gasteiger partial charge in [0.1, 0.15) is 12.1 Å². The Kier molecular flexibility index (Phi) is 6.48. The van der Waals surface area contributed by atoms with E-state index in [1.165, 1.54) is 32.6 Å². The Labute approximate surface area is 214 Å². The molecule has 4 aromatic rings. The SMILES string of the molecule is COc1cccc(-n2nnc3c(N4CCN(C(=O)c5ccc(S(=O)(=O)N(C)C)cc5)CC4)ncnc32)c1. The molecule has 0 N–H and O–H groups in total. The van der Waals surface area contributed by atoms with E-state index in [2.05, 4.69) is 25.2 Å². The molecule has 0 unspecified atom stereocenters. The van der Waals surface area contributed by atoms with Crippen LogP contribution < -0.4 is 9.64 Å². The Bertz CT molecular complexity index is 1540. The second-order valence-electron chi connectivity index (χ2n) is 8.66. The van der Waals surface area contributed by atoms with E-state index in [0.717, 1.165) is 9.99 Å². The largest absolute Gasteiger partial charge is 0.497 e. The van der Waals surface area contributed by atoms with Crippen LogP contribution in [0.5, 0.6) is 5.75 Å². The zero-order valence-corrected chi connectivity index (χ0v) is 21.5. The first-order valence-corrected chi connectivity index (χ1v) is 13.0. The zero-order valence-electron chi connectivity index (χ0n) is 20.6. The molecule has 1 aliphatic heterocycles. The van der Waals surface area contributed by atoms with Crippen molar-refractivity contribution in [1.29, 1.82) is 0 Å². The highest BCUT2D eigenvalue weighted by atomic mass is 32.2. The lowest BCUT2D eigenvalue weighted by molar-refractivity contribution is 0.0746. The molecule has 0 atom stereocenters. The quantitative estimate of drug-likeness (QED) is 0.370. The summed E-state index contributed by atoms with van der Waals surface area (Å²) < 4.78 is 32.7. The van der Waals surface area contributed by atoms with E-state index in [4.69, 9.17) is 4.74 Å². The molecule has 2 aromatic carbocycles. The normalized spacial score (nSPS) is 14.4. The van der Waals surface area contributed by atoms with E-state index in [-0.39, 0.29) is 10.8 Å². The molecule has 0 radical (unpaired) electrons. The van der Waals surface area contributed by atoms with Crippen molar-refractivity contribution in [3.8, 4) is 11.4 Å². The Morgan fingerprint density at radius 3 is 2.41 bits per heavy atom. The number of fused-ring (bicyclic) bond motifs is 1. The summed E-state index contributed by atoms with van der Waals surface area (Å²) in [5.74, 6) is 1.21. The Hall–Kier alpha value is -4.10. The maximum absolute atomic E-state index is 13.0. The number of benzene rings is 2. The number of carbonyl (C=O) groups is 1. The molecular formula is C24H26N8O4S. The molecule has 0 bridgehead atoms. The number of anilines is 1. The van der Waals surface area contributed by atoms with Gasteiger partial charge in [0.05, 0.1) is 17.7 Å². The van der Waals surface area contributed by atoms with Gasteiger partial charge in [-0.2, -0.15) is 4.68 Å². The summed E-state index contributed by atoms with van der Waals surface area (Å²) in [6.07, 6.45) is 1.48. The van der Waals surface area contributed by atoms with Gasteiger partial charge < -0.3 is 14.5 Å². The molecular weight excluding hydrogens is 496 g/mol. The van der Waals surface area contributed by atoms with Gasteiger partial charge in [-0.15, -0.1) is 5.10 Å². The number of sulfonamides is 1. The predicted octanol–water partition coefficient (Wildman–Crippen LogP) is 1.43. The average Bonchev–Trinajstić information content (AvgIpc) is 3.37. The summed E-state index contributed by atoms with van der Waals surface area (Å²) in [6.45, 7) is 2.06. The van der Waals surface area contributed by atoms with Crippen molar-refractivity contribution < 1.29 is 17.9 Å². The van der Waals surface area contributed by atoms with E-state index in [0.29, 0.717) is 54.5 Å². The number of hydrogen-bond donors (Lipinski definition) is 0. The first-order valence-electron chi connectivity index (χ1n) is 11.6.